The molecule has 3 heterocycles. The van der Waals surface area contributed by atoms with Crippen LogP contribution < -0.4 is 0 Å². The van der Waals surface area contributed by atoms with Crippen molar-refractivity contribution in [3.63, 3.8) is 0 Å². The molecule has 150 valence electrons. The topological polar surface area (TPSA) is 62.5 Å². The first kappa shape index (κ1) is 19.1. The Hall–Kier alpha value is -2.21. The Morgan fingerprint density at radius 1 is 1.07 bits per heavy atom. The standard InChI is InChI=1S/C22H30N4O2/c1-17-23-21(24-28-17)20-10-6-3-7-13-26(20)22(27)19-11-14-25(15-12-19)16-18-8-4-2-5-9-18/h2,4-5,8-9,19-20H,3,6-7,10-16H2,1H3/t20-/m0/s1. The minimum absolute atomic E-state index is 0.0326. The van der Waals surface area contributed by atoms with Gasteiger partial charge < -0.3 is 9.42 Å². The van der Waals surface area contributed by atoms with E-state index in [-0.39, 0.29) is 17.9 Å². The lowest BCUT2D eigenvalue weighted by molar-refractivity contribution is -0.139. The number of nitrogens with zero attached hydrogens (tertiary/aromatic N) is 4. The number of hydrogen-bond donors (Lipinski definition) is 0. The van der Waals surface area contributed by atoms with Crippen LogP contribution in [0.4, 0.5) is 0 Å². The Balaban J connectivity index is 1.39. The molecular weight excluding hydrogens is 352 g/mol. The third-order valence-electron chi connectivity index (χ3n) is 6.06. The summed E-state index contributed by atoms with van der Waals surface area (Å²) in [6.07, 6.45) is 6.12. The quantitative estimate of drug-likeness (QED) is 0.806. The third kappa shape index (κ3) is 4.43. The molecule has 1 atom stereocenters. The summed E-state index contributed by atoms with van der Waals surface area (Å²) in [5.41, 5.74) is 1.34. The maximum atomic E-state index is 13.4. The maximum Gasteiger partial charge on any atom is 0.226 e. The zero-order chi connectivity index (χ0) is 19.3. The lowest BCUT2D eigenvalue weighted by Gasteiger charge is -2.36. The van der Waals surface area contributed by atoms with Gasteiger partial charge in [-0.05, 0) is 44.3 Å². The number of aromatic nitrogens is 2. The summed E-state index contributed by atoms with van der Waals surface area (Å²) in [6, 6.07) is 10.5. The second-order valence-corrected chi connectivity index (χ2v) is 8.10. The van der Waals surface area contributed by atoms with Gasteiger partial charge in [-0.3, -0.25) is 9.69 Å². The van der Waals surface area contributed by atoms with E-state index in [1.54, 1.807) is 0 Å². The number of carbonyl (C=O) groups is 1. The number of piperidine rings is 1. The largest absolute Gasteiger partial charge is 0.340 e. The second-order valence-electron chi connectivity index (χ2n) is 8.10. The van der Waals surface area contributed by atoms with Crippen LogP contribution in [0, 0.1) is 12.8 Å². The minimum Gasteiger partial charge on any atom is -0.340 e. The van der Waals surface area contributed by atoms with E-state index >= 15 is 0 Å². The molecule has 6 heteroatoms. The highest BCUT2D eigenvalue weighted by atomic mass is 16.5. The first-order valence-electron chi connectivity index (χ1n) is 10.6. The lowest BCUT2D eigenvalue weighted by Crippen LogP contribution is -2.44. The molecule has 0 bridgehead atoms. The summed E-state index contributed by atoms with van der Waals surface area (Å²) in [6.45, 7) is 5.54. The van der Waals surface area contributed by atoms with Gasteiger partial charge >= 0.3 is 0 Å². The molecule has 1 amide bonds. The zero-order valence-electron chi connectivity index (χ0n) is 16.7. The van der Waals surface area contributed by atoms with Crippen molar-refractivity contribution in [2.24, 2.45) is 5.92 Å². The van der Waals surface area contributed by atoms with Crippen molar-refractivity contribution in [2.75, 3.05) is 19.6 Å². The molecule has 0 radical (unpaired) electrons. The fourth-order valence-electron chi connectivity index (χ4n) is 4.51. The summed E-state index contributed by atoms with van der Waals surface area (Å²) in [5.74, 6) is 1.64. The summed E-state index contributed by atoms with van der Waals surface area (Å²) in [5, 5.41) is 4.13. The molecule has 0 saturated carbocycles. The molecule has 1 aromatic heterocycles. The van der Waals surface area contributed by atoms with E-state index in [4.69, 9.17) is 4.52 Å². The molecule has 2 aliphatic heterocycles. The van der Waals surface area contributed by atoms with Crippen LogP contribution in [0.25, 0.3) is 0 Å². The first-order chi connectivity index (χ1) is 13.7. The normalized spacial score (nSPS) is 22.2. The smallest absolute Gasteiger partial charge is 0.226 e. The van der Waals surface area contributed by atoms with Gasteiger partial charge in [-0.2, -0.15) is 4.98 Å². The van der Waals surface area contributed by atoms with E-state index in [1.165, 1.54) is 5.56 Å². The molecular formula is C22H30N4O2. The van der Waals surface area contributed by atoms with Crippen LogP contribution in [0.2, 0.25) is 0 Å². The number of rotatable bonds is 4. The van der Waals surface area contributed by atoms with Crippen molar-refractivity contribution < 1.29 is 9.32 Å². The van der Waals surface area contributed by atoms with Gasteiger partial charge in [0.1, 0.15) is 0 Å². The van der Waals surface area contributed by atoms with Crippen LogP contribution in [0.15, 0.2) is 34.9 Å². The zero-order valence-corrected chi connectivity index (χ0v) is 16.7. The number of aryl methyl sites for hydroxylation is 1. The molecule has 28 heavy (non-hydrogen) atoms. The first-order valence-corrected chi connectivity index (χ1v) is 10.6. The number of hydrogen-bond acceptors (Lipinski definition) is 5. The predicted octanol–water partition coefficient (Wildman–Crippen LogP) is 3.73. The Kier molecular flexibility index (Phi) is 6.05. The Morgan fingerprint density at radius 2 is 1.86 bits per heavy atom. The Bertz CT molecular complexity index is 768. The number of likely N-dealkylation sites (tertiary alicyclic amines) is 2. The second kappa shape index (κ2) is 8.86. The van der Waals surface area contributed by atoms with Crippen LogP contribution in [0.1, 0.15) is 61.8 Å². The number of benzene rings is 1. The van der Waals surface area contributed by atoms with Crippen molar-refractivity contribution in [1.29, 1.82) is 0 Å². The maximum absolute atomic E-state index is 13.4. The van der Waals surface area contributed by atoms with Gasteiger partial charge in [-0.1, -0.05) is 48.3 Å². The van der Waals surface area contributed by atoms with Gasteiger partial charge in [0, 0.05) is 25.9 Å². The van der Waals surface area contributed by atoms with E-state index in [0.717, 1.165) is 64.7 Å². The van der Waals surface area contributed by atoms with Gasteiger partial charge in [0.2, 0.25) is 11.8 Å². The Morgan fingerprint density at radius 3 is 2.57 bits per heavy atom. The van der Waals surface area contributed by atoms with Crippen LogP contribution in [0.3, 0.4) is 0 Å². The molecule has 1 aromatic carbocycles. The molecule has 0 unspecified atom stereocenters. The summed E-state index contributed by atoms with van der Waals surface area (Å²) < 4.78 is 5.20. The van der Waals surface area contributed by atoms with Gasteiger partial charge in [0.25, 0.3) is 0 Å². The van der Waals surface area contributed by atoms with Gasteiger partial charge in [0.15, 0.2) is 5.82 Å². The molecule has 2 fully saturated rings. The van der Waals surface area contributed by atoms with E-state index in [2.05, 4.69) is 50.3 Å². The van der Waals surface area contributed by atoms with Crippen molar-refractivity contribution in [3.05, 3.63) is 47.6 Å². The molecule has 0 aliphatic carbocycles. The third-order valence-corrected chi connectivity index (χ3v) is 6.06. The molecule has 0 N–H and O–H groups in total. The number of carbonyl (C=O) groups excluding carboxylic acids is 1. The predicted molar refractivity (Wildman–Crippen MR) is 106 cm³/mol. The van der Waals surface area contributed by atoms with Crippen LogP contribution in [0.5, 0.6) is 0 Å². The van der Waals surface area contributed by atoms with Crippen molar-refractivity contribution in [3.8, 4) is 0 Å². The monoisotopic (exact) mass is 382 g/mol. The lowest BCUT2D eigenvalue weighted by atomic mass is 9.94. The molecule has 2 saturated heterocycles. The van der Waals surface area contributed by atoms with Crippen LogP contribution in [-0.2, 0) is 11.3 Å². The molecule has 2 aromatic rings. The molecule has 6 nitrogen and oxygen atoms in total. The van der Waals surface area contributed by atoms with Gasteiger partial charge in [-0.25, -0.2) is 0 Å². The summed E-state index contributed by atoms with van der Waals surface area (Å²) in [4.78, 5) is 22.3. The van der Waals surface area contributed by atoms with E-state index in [0.29, 0.717) is 11.7 Å². The van der Waals surface area contributed by atoms with Crippen LogP contribution >= 0.6 is 0 Å². The van der Waals surface area contributed by atoms with Gasteiger partial charge in [-0.15, -0.1) is 0 Å². The molecule has 0 spiro atoms. The van der Waals surface area contributed by atoms with E-state index in [1.807, 2.05) is 6.92 Å². The average Bonchev–Trinajstić information content (AvgIpc) is 3.00. The van der Waals surface area contributed by atoms with Gasteiger partial charge in [0.05, 0.1) is 6.04 Å². The van der Waals surface area contributed by atoms with E-state index in [9.17, 15) is 4.79 Å². The van der Waals surface area contributed by atoms with Crippen molar-refractivity contribution in [1.82, 2.24) is 19.9 Å². The van der Waals surface area contributed by atoms with Crippen molar-refractivity contribution >= 4 is 5.91 Å². The number of amides is 1. The van der Waals surface area contributed by atoms with Crippen LogP contribution in [-0.4, -0.2) is 45.5 Å². The average molecular weight is 383 g/mol. The minimum atomic E-state index is -0.0326. The fraction of sp³-hybridized carbons (Fsp3) is 0.591. The highest BCUT2D eigenvalue weighted by Gasteiger charge is 2.35. The SMILES string of the molecule is Cc1nc([C@@H]2CCCCCN2C(=O)C2CCN(Cc3ccccc3)CC2)no1. The Labute approximate surface area is 166 Å². The van der Waals surface area contributed by atoms with Crippen molar-refractivity contribution in [2.45, 2.75) is 58.0 Å². The highest BCUT2D eigenvalue weighted by Crippen LogP contribution is 2.32. The van der Waals surface area contributed by atoms with E-state index < -0.39 is 0 Å². The molecule has 4 rings (SSSR count). The summed E-state index contributed by atoms with van der Waals surface area (Å²) >= 11 is 0. The molecule has 2 aliphatic rings. The fourth-order valence-corrected chi connectivity index (χ4v) is 4.51. The summed E-state index contributed by atoms with van der Waals surface area (Å²) in [7, 11) is 0. The highest BCUT2D eigenvalue weighted by molar-refractivity contribution is 5.79.